The van der Waals surface area contributed by atoms with E-state index in [1.54, 1.807) is 20.4 Å². The Labute approximate surface area is 160 Å². The molecule has 1 atom stereocenters. The Balaban J connectivity index is 1.71. The fraction of sp³-hybridized carbons (Fsp3) is 0.429. The number of nitrogens with one attached hydrogen (secondary N) is 1. The molecule has 6 heteroatoms. The zero-order valence-corrected chi connectivity index (χ0v) is 16.2. The lowest BCUT2D eigenvalue weighted by Gasteiger charge is -2.35. The minimum atomic E-state index is 0.0757. The number of benzene rings is 1. The fourth-order valence-corrected chi connectivity index (χ4v) is 3.51. The second-order valence-electron chi connectivity index (χ2n) is 6.68. The van der Waals surface area contributed by atoms with Crippen molar-refractivity contribution >= 4 is 17.4 Å². The van der Waals surface area contributed by atoms with Gasteiger partial charge >= 0.3 is 0 Å². The first-order valence-corrected chi connectivity index (χ1v) is 9.42. The molecule has 2 heterocycles. The van der Waals surface area contributed by atoms with E-state index in [-0.39, 0.29) is 5.91 Å². The van der Waals surface area contributed by atoms with Crippen LogP contribution in [-0.2, 0) is 0 Å². The molecule has 1 unspecified atom stereocenters. The maximum absolute atomic E-state index is 12.8. The van der Waals surface area contributed by atoms with Gasteiger partial charge in [-0.2, -0.15) is 0 Å². The first-order chi connectivity index (χ1) is 13.2. The molecule has 1 N–H and O–H groups in total. The van der Waals surface area contributed by atoms with Crippen LogP contribution in [0.15, 0.2) is 36.5 Å². The summed E-state index contributed by atoms with van der Waals surface area (Å²) in [6.45, 7) is 2.98. The molecule has 1 aromatic heterocycles. The van der Waals surface area contributed by atoms with Crippen LogP contribution in [0.1, 0.15) is 43.0 Å². The van der Waals surface area contributed by atoms with Gasteiger partial charge in [-0.25, -0.2) is 4.98 Å². The number of hydrogen-bond acceptors (Lipinski definition) is 5. The van der Waals surface area contributed by atoms with Gasteiger partial charge in [0.05, 0.1) is 19.8 Å². The number of piperidine rings is 1. The van der Waals surface area contributed by atoms with Crippen molar-refractivity contribution in [3.63, 3.8) is 0 Å². The molecule has 0 saturated carbocycles. The van der Waals surface area contributed by atoms with Crippen LogP contribution in [0, 0.1) is 0 Å². The Morgan fingerprint density at radius 2 is 2.00 bits per heavy atom. The maximum Gasteiger partial charge on any atom is 0.255 e. The maximum atomic E-state index is 12.8. The minimum Gasteiger partial charge on any atom is -0.493 e. The van der Waals surface area contributed by atoms with Gasteiger partial charge in [0, 0.05) is 30.5 Å². The Bertz CT molecular complexity index is 777. The van der Waals surface area contributed by atoms with Crippen LogP contribution in [0.4, 0.5) is 11.5 Å². The number of carbonyl (C=O) groups is 1. The van der Waals surface area contributed by atoms with Gasteiger partial charge in [-0.1, -0.05) is 6.92 Å². The number of amides is 1. The number of aromatic nitrogens is 1. The molecule has 6 nitrogen and oxygen atoms in total. The van der Waals surface area contributed by atoms with Gasteiger partial charge < -0.3 is 19.7 Å². The van der Waals surface area contributed by atoms with Crippen molar-refractivity contribution in [1.82, 2.24) is 9.88 Å². The third-order valence-corrected chi connectivity index (χ3v) is 5.03. The molecule has 0 bridgehead atoms. The molecule has 1 aliphatic heterocycles. The summed E-state index contributed by atoms with van der Waals surface area (Å²) in [6.07, 6.45) is 6.02. The zero-order chi connectivity index (χ0) is 19.2. The molecule has 1 amide bonds. The monoisotopic (exact) mass is 369 g/mol. The quantitative estimate of drug-likeness (QED) is 0.825. The van der Waals surface area contributed by atoms with E-state index >= 15 is 0 Å². The molecule has 1 saturated heterocycles. The number of likely N-dealkylation sites (tertiary alicyclic amines) is 1. The summed E-state index contributed by atoms with van der Waals surface area (Å²) in [5.41, 5.74) is 1.47. The van der Waals surface area contributed by atoms with Gasteiger partial charge in [0.25, 0.3) is 5.91 Å². The van der Waals surface area contributed by atoms with Crippen LogP contribution in [-0.4, -0.2) is 42.6 Å². The van der Waals surface area contributed by atoms with Crippen LogP contribution in [0.3, 0.4) is 0 Å². The molecular formula is C21H27N3O3. The molecule has 1 aromatic carbocycles. The van der Waals surface area contributed by atoms with E-state index in [9.17, 15) is 4.79 Å². The Kier molecular flexibility index (Phi) is 6.16. The Morgan fingerprint density at radius 1 is 1.19 bits per heavy atom. The van der Waals surface area contributed by atoms with Crippen LogP contribution < -0.4 is 14.8 Å². The normalized spacial score (nSPS) is 16.7. The molecule has 144 valence electrons. The van der Waals surface area contributed by atoms with Crippen molar-refractivity contribution in [3.8, 4) is 11.5 Å². The van der Waals surface area contributed by atoms with E-state index in [0.717, 1.165) is 31.5 Å². The molecule has 2 aromatic rings. The number of nitrogens with zero attached hydrogens (tertiary/aromatic N) is 2. The lowest BCUT2D eigenvalue weighted by Crippen LogP contribution is -2.43. The molecule has 27 heavy (non-hydrogen) atoms. The number of carbonyl (C=O) groups excluding carboxylic acids is 1. The van der Waals surface area contributed by atoms with Gasteiger partial charge in [-0.3, -0.25) is 4.79 Å². The summed E-state index contributed by atoms with van der Waals surface area (Å²) in [7, 11) is 3.21. The molecule has 3 rings (SSSR count). The van der Waals surface area contributed by atoms with Crippen LogP contribution in [0.5, 0.6) is 11.5 Å². The SMILES string of the molecule is CCC1CCCCN1C(=O)c1ccc(Nc2ccc(OC)c(OC)c2)nc1. The summed E-state index contributed by atoms with van der Waals surface area (Å²) >= 11 is 0. The summed E-state index contributed by atoms with van der Waals surface area (Å²) < 4.78 is 10.6. The standard InChI is InChI=1S/C21H27N3O3/c1-4-17-7-5-6-12-24(17)21(25)15-8-11-20(22-14-15)23-16-9-10-18(26-2)19(13-16)27-3/h8-11,13-14,17H,4-7,12H2,1-3H3,(H,22,23). The van der Waals surface area contributed by atoms with Crippen molar-refractivity contribution in [2.24, 2.45) is 0 Å². The van der Waals surface area contributed by atoms with Gasteiger partial charge in [-0.15, -0.1) is 0 Å². The molecule has 1 fully saturated rings. The molecule has 0 aliphatic carbocycles. The Hall–Kier alpha value is -2.76. The number of pyridine rings is 1. The van der Waals surface area contributed by atoms with E-state index in [1.165, 1.54) is 6.42 Å². The largest absolute Gasteiger partial charge is 0.493 e. The van der Waals surface area contributed by atoms with E-state index in [0.29, 0.717) is 28.9 Å². The molecular weight excluding hydrogens is 342 g/mol. The summed E-state index contributed by atoms with van der Waals surface area (Å²) in [6, 6.07) is 9.58. The third kappa shape index (κ3) is 4.32. The summed E-state index contributed by atoms with van der Waals surface area (Å²) in [5, 5.41) is 3.22. The van der Waals surface area contributed by atoms with Gasteiger partial charge in [-0.05, 0) is 49.9 Å². The highest BCUT2D eigenvalue weighted by molar-refractivity contribution is 5.94. The summed E-state index contributed by atoms with van der Waals surface area (Å²) in [4.78, 5) is 19.2. The average molecular weight is 369 g/mol. The Morgan fingerprint density at radius 3 is 2.67 bits per heavy atom. The predicted octanol–water partition coefficient (Wildman–Crippen LogP) is 4.25. The van der Waals surface area contributed by atoms with E-state index in [2.05, 4.69) is 17.2 Å². The van der Waals surface area contributed by atoms with Gasteiger partial charge in [0.1, 0.15) is 5.82 Å². The van der Waals surface area contributed by atoms with E-state index in [1.807, 2.05) is 35.2 Å². The van der Waals surface area contributed by atoms with E-state index < -0.39 is 0 Å². The number of ether oxygens (including phenoxy) is 2. The van der Waals surface area contributed by atoms with E-state index in [4.69, 9.17) is 9.47 Å². The van der Waals surface area contributed by atoms with Crippen LogP contribution in [0.2, 0.25) is 0 Å². The smallest absolute Gasteiger partial charge is 0.255 e. The number of anilines is 2. The topological polar surface area (TPSA) is 63.7 Å². The zero-order valence-electron chi connectivity index (χ0n) is 16.2. The van der Waals surface area contributed by atoms with Crippen molar-refractivity contribution in [1.29, 1.82) is 0 Å². The number of methoxy groups -OCH3 is 2. The second kappa shape index (κ2) is 8.75. The van der Waals surface area contributed by atoms with Crippen molar-refractivity contribution < 1.29 is 14.3 Å². The predicted molar refractivity (Wildman–Crippen MR) is 106 cm³/mol. The van der Waals surface area contributed by atoms with Crippen LogP contribution in [0.25, 0.3) is 0 Å². The highest BCUT2D eigenvalue weighted by Crippen LogP contribution is 2.31. The van der Waals surface area contributed by atoms with Crippen molar-refractivity contribution in [2.45, 2.75) is 38.6 Å². The third-order valence-electron chi connectivity index (χ3n) is 5.03. The average Bonchev–Trinajstić information content (AvgIpc) is 2.73. The van der Waals surface area contributed by atoms with Crippen molar-refractivity contribution in [3.05, 3.63) is 42.1 Å². The highest BCUT2D eigenvalue weighted by atomic mass is 16.5. The lowest BCUT2D eigenvalue weighted by molar-refractivity contribution is 0.0607. The second-order valence-corrected chi connectivity index (χ2v) is 6.68. The first-order valence-electron chi connectivity index (χ1n) is 9.42. The van der Waals surface area contributed by atoms with Gasteiger partial charge in [0.15, 0.2) is 11.5 Å². The number of rotatable bonds is 6. The first kappa shape index (κ1) is 19.0. The highest BCUT2D eigenvalue weighted by Gasteiger charge is 2.26. The molecule has 0 radical (unpaired) electrons. The van der Waals surface area contributed by atoms with Crippen LogP contribution >= 0.6 is 0 Å². The van der Waals surface area contributed by atoms with Gasteiger partial charge in [0.2, 0.25) is 0 Å². The summed E-state index contributed by atoms with van der Waals surface area (Å²) in [5.74, 6) is 2.06. The lowest BCUT2D eigenvalue weighted by atomic mass is 9.99. The van der Waals surface area contributed by atoms with Crippen molar-refractivity contribution in [2.75, 3.05) is 26.1 Å². The number of hydrogen-bond donors (Lipinski definition) is 1. The molecule has 0 spiro atoms. The molecule has 1 aliphatic rings. The fourth-order valence-electron chi connectivity index (χ4n) is 3.51. The minimum absolute atomic E-state index is 0.0757.